The molecule has 0 amide bonds. The zero-order chi connectivity index (χ0) is 13.3. The Morgan fingerprint density at radius 3 is 2.83 bits per heavy atom. The molecule has 2 rings (SSSR count). The fourth-order valence-electron chi connectivity index (χ4n) is 1.64. The van der Waals surface area contributed by atoms with Gasteiger partial charge in [-0.15, -0.1) is 11.6 Å². The predicted octanol–water partition coefficient (Wildman–Crippen LogP) is 2.56. The van der Waals surface area contributed by atoms with E-state index < -0.39 is 0 Å². The van der Waals surface area contributed by atoms with Crippen LogP contribution < -0.4 is 5.73 Å². The Hall–Kier alpha value is -1.33. The molecular weight excluding hydrogens is 273 g/mol. The molecule has 0 unspecified atom stereocenters. The van der Waals surface area contributed by atoms with Crippen molar-refractivity contribution in [2.24, 2.45) is 0 Å². The van der Waals surface area contributed by atoms with Crippen molar-refractivity contribution in [2.75, 3.05) is 11.6 Å². The highest BCUT2D eigenvalue weighted by Gasteiger charge is 2.13. The molecule has 0 radical (unpaired) electrons. The molecule has 2 aromatic rings. The van der Waals surface area contributed by atoms with E-state index in [9.17, 15) is 0 Å². The van der Waals surface area contributed by atoms with Gasteiger partial charge in [0.2, 0.25) is 5.95 Å². The van der Waals surface area contributed by atoms with Gasteiger partial charge in [0.1, 0.15) is 5.15 Å². The Morgan fingerprint density at radius 2 is 2.17 bits per heavy atom. The largest absolute Gasteiger partial charge is 0.368 e. The van der Waals surface area contributed by atoms with Crippen LogP contribution in [0.1, 0.15) is 12.6 Å². The van der Waals surface area contributed by atoms with E-state index in [1.165, 1.54) is 0 Å². The number of allylic oxidation sites excluding steroid dienone is 2. The quantitative estimate of drug-likeness (QED) is 0.535. The van der Waals surface area contributed by atoms with Crippen molar-refractivity contribution in [3.05, 3.63) is 22.5 Å². The molecule has 18 heavy (non-hydrogen) atoms. The maximum Gasteiger partial charge on any atom is 0.223 e. The number of hydrogen-bond acceptors (Lipinski definition) is 4. The van der Waals surface area contributed by atoms with Gasteiger partial charge in [0.15, 0.2) is 5.65 Å². The molecule has 2 N–H and O–H groups in total. The van der Waals surface area contributed by atoms with Crippen LogP contribution in [-0.4, -0.2) is 25.6 Å². The molecule has 0 saturated carbocycles. The Bertz CT molecular complexity index is 617. The lowest BCUT2D eigenvalue weighted by Crippen LogP contribution is -2.02. The van der Waals surface area contributed by atoms with Crippen LogP contribution in [0.3, 0.4) is 0 Å². The zero-order valence-electron chi connectivity index (χ0n) is 10.1. The molecule has 0 bridgehead atoms. The minimum atomic E-state index is 0.145. The molecule has 0 atom stereocenters. The zero-order valence-corrected chi connectivity index (χ0v) is 11.6. The van der Waals surface area contributed by atoms with Crippen LogP contribution in [-0.2, 0) is 6.54 Å². The van der Waals surface area contributed by atoms with Crippen LogP contribution in [0.4, 0.5) is 5.95 Å². The summed E-state index contributed by atoms with van der Waals surface area (Å²) in [7, 11) is 0. The van der Waals surface area contributed by atoms with E-state index in [4.69, 9.17) is 28.9 Å². The van der Waals surface area contributed by atoms with Gasteiger partial charge in [0.25, 0.3) is 0 Å². The molecule has 2 aromatic heterocycles. The van der Waals surface area contributed by atoms with E-state index in [1.54, 1.807) is 4.68 Å². The van der Waals surface area contributed by atoms with Crippen LogP contribution in [0.25, 0.3) is 11.0 Å². The van der Waals surface area contributed by atoms with E-state index in [2.05, 4.69) is 15.1 Å². The van der Waals surface area contributed by atoms with Crippen molar-refractivity contribution >= 4 is 40.2 Å². The topological polar surface area (TPSA) is 69.6 Å². The summed E-state index contributed by atoms with van der Waals surface area (Å²) in [6, 6.07) is 0. The molecule has 96 valence electrons. The van der Waals surface area contributed by atoms with Gasteiger partial charge < -0.3 is 5.73 Å². The number of halogens is 2. The fourth-order valence-corrected chi connectivity index (χ4v) is 2.06. The average Bonchev–Trinajstić information content (AvgIpc) is 2.62. The van der Waals surface area contributed by atoms with Gasteiger partial charge in [-0.2, -0.15) is 10.1 Å². The third kappa shape index (κ3) is 2.42. The van der Waals surface area contributed by atoms with Crippen molar-refractivity contribution in [3.63, 3.8) is 0 Å². The van der Waals surface area contributed by atoms with E-state index in [-0.39, 0.29) is 5.95 Å². The fraction of sp³-hybridized carbons (Fsp3) is 0.364. The Balaban J connectivity index is 2.52. The first-order chi connectivity index (χ1) is 8.52. The van der Waals surface area contributed by atoms with E-state index in [1.807, 2.05) is 19.9 Å². The number of nitrogens with two attached hydrogens (primary N) is 1. The number of alkyl halides is 1. The minimum Gasteiger partial charge on any atom is -0.368 e. The summed E-state index contributed by atoms with van der Waals surface area (Å²) in [6.45, 7) is 4.40. The third-order valence-corrected chi connectivity index (χ3v) is 3.26. The summed E-state index contributed by atoms with van der Waals surface area (Å²) in [4.78, 5) is 8.11. The van der Waals surface area contributed by atoms with Gasteiger partial charge in [-0.3, -0.25) is 0 Å². The summed E-state index contributed by atoms with van der Waals surface area (Å²) in [5.74, 6) is 0.641. The van der Waals surface area contributed by atoms with Crippen molar-refractivity contribution < 1.29 is 0 Å². The molecule has 0 saturated heterocycles. The first-order valence-corrected chi connectivity index (χ1v) is 6.32. The number of hydrogen-bond donors (Lipinski definition) is 1. The maximum absolute atomic E-state index is 6.05. The van der Waals surface area contributed by atoms with Crippen molar-refractivity contribution in [1.29, 1.82) is 0 Å². The average molecular weight is 286 g/mol. The number of nitrogens with zero attached hydrogens (tertiary/aromatic N) is 4. The molecule has 0 aromatic carbocycles. The second-order valence-corrected chi connectivity index (χ2v) is 4.65. The van der Waals surface area contributed by atoms with E-state index in [0.29, 0.717) is 23.2 Å². The molecule has 0 aliphatic rings. The van der Waals surface area contributed by atoms with Crippen molar-refractivity contribution in [1.82, 2.24) is 19.7 Å². The highest BCUT2D eigenvalue weighted by molar-refractivity contribution is 6.34. The highest BCUT2D eigenvalue weighted by atomic mass is 35.5. The number of rotatable bonds is 3. The lowest BCUT2D eigenvalue weighted by molar-refractivity contribution is 0.707. The lowest BCUT2D eigenvalue weighted by Gasteiger charge is -2.01. The van der Waals surface area contributed by atoms with Crippen LogP contribution in [0, 0.1) is 6.92 Å². The summed E-state index contributed by atoms with van der Waals surface area (Å²) >= 11 is 11.8. The predicted molar refractivity (Wildman–Crippen MR) is 74.0 cm³/mol. The first-order valence-electron chi connectivity index (χ1n) is 5.40. The molecule has 2 heterocycles. The minimum absolute atomic E-state index is 0.145. The number of anilines is 1. The lowest BCUT2D eigenvalue weighted by atomic mass is 10.3. The van der Waals surface area contributed by atoms with Gasteiger partial charge in [-0.25, -0.2) is 9.67 Å². The highest BCUT2D eigenvalue weighted by Crippen LogP contribution is 2.24. The van der Waals surface area contributed by atoms with Gasteiger partial charge in [0.05, 0.1) is 17.6 Å². The smallest absolute Gasteiger partial charge is 0.223 e. The summed E-state index contributed by atoms with van der Waals surface area (Å²) in [6.07, 6.45) is 1.99. The normalized spacial score (nSPS) is 12.3. The van der Waals surface area contributed by atoms with E-state index in [0.717, 1.165) is 16.7 Å². The first kappa shape index (κ1) is 13.1. The van der Waals surface area contributed by atoms with Crippen LogP contribution in [0.15, 0.2) is 11.6 Å². The van der Waals surface area contributed by atoms with Crippen LogP contribution >= 0.6 is 23.2 Å². The van der Waals surface area contributed by atoms with Crippen LogP contribution in [0.5, 0.6) is 0 Å². The number of fused-ring (bicyclic) bond motifs is 1. The van der Waals surface area contributed by atoms with Crippen LogP contribution in [0.2, 0.25) is 5.15 Å². The monoisotopic (exact) mass is 285 g/mol. The Kier molecular flexibility index (Phi) is 3.73. The summed E-state index contributed by atoms with van der Waals surface area (Å²) < 4.78 is 1.74. The van der Waals surface area contributed by atoms with Gasteiger partial charge in [-0.1, -0.05) is 23.3 Å². The molecule has 7 heteroatoms. The van der Waals surface area contributed by atoms with Gasteiger partial charge >= 0.3 is 0 Å². The SMILES string of the molecule is C/C(=C\Cn1nc(C)c2c(Cl)nc(N)nc21)CCl. The third-order valence-electron chi connectivity index (χ3n) is 2.56. The van der Waals surface area contributed by atoms with Crippen molar-refractivity contribution in [2.45, 2.75) is 20.4 Å². The Morgan fingerprint density at radius 1 is 1.44 bits per heavy atom. The number of aromatic nitrogens is 4. The Labute approximate surface area is 115 Å². The van der Waals surface area contributed by atoms with Crippen molar-refractivity contribution in [3.8, 4) is 0 Å². The molecule has 0 fully saturated rings. The number of nitrogen functional groups attached to an aromatic ring is 1. The molecular formula is C11H13Cl2N5. The summed E-state index contributed by atoms with van der Waals surface area (Å²) in [5, 5.41) is 5.46. The summed E-state index contributed by atoms with van der Waals surface area (Å²) in [5.41, 5.74) is 8.10. The maximum atomic E-state index is 6.05. The molecule has 0 spiro atoms. The second-order valence-electron chi connectivity index (χ2n) is 4.02. The standard InChI is InChI=1S/C11H13Cl2N5/c1-6(5-12)3-4-18-10-8(7(2)17-18)9(13)15-11(14)16-10/h3H,4-5H2,1-2H3,(H2,14,15,16)/b6-3+. The molecule has 0 aliphatic heterocycles. The second kappa shape index (κ2) is 5.12. The van der Waals surface area contributed by atoms with Gasteiger partial charge in [0, 0.05) is 5.88 Å². The molecule has 0 aliphatic carbocycles. The molecule has 5 nitrogen and oxygen atoms in total. The number of aryl methyl sites for hydroxylation is 1. The van der Waals surface area contributed by atoms with E-state index >= 15 is 0 Å². The van der Waals surface area contributed by atoms with Gasteiger partial charge in [-0.05, 0) is 13.8 Å².